The first-order chi connectivity index (χ1) is 15.8. The van der Waals surface area contributed by atoms with E-state index in [0.29, 0.717) is 6.20 Å². The Hall–Kier alpha value is -3.94. The third-order valence-corrected chi connectivity index (χ3v) is 4.73. The van der Waals surface area contributed by atoms with Crippen LogP contribution in [0.4, 0.5) is 27.8 Å². The van der Waals surface area contributed by atoms with Gasteiger partial charge < -0.3 is 15.5 Å². The Balaban J connectivity index is 1.94. The third kappa shape index (κ3) is 4.85. The predicted octanol–water partition coefficient (Wildman–Crippen LogP) is 2.66. The number of alkyl halides is 3. The largest absolute Gasteiger partial charge is 0.479 e. The van der Waals surface area contributed by atoms with Gasteiger partial charge in [-0.25, -0.2) is 23.5 Å². The Kier molecular flexibility index (Phi) is 6.63. The lowest BCUT2D eigenvalue weighted by molar-refractivity contribution is -0.255. The Labute approximate surface area is 187 Å². The molecule has 3 rings (SSSR count). The normalized spacial score (nSPS) is 13.4. The fraction of sp³-hybridized carbons (Fsp3) is 0.250. The van der Waals surface area contributed by atoms with E-state index in [1.165, 1.54) is 31.2 Å². The number of halogens is 5. The highest BCUT2D eigenvalue weighted by Gasteiger charge is 2.60. The van der Waals surface area contributed by atoms with Gasteiger partial charge in [0.15, 0.2) is 23.2 Å². The Morgan fingerprint density at radius 1 is 1.15 bits per heavy atom. The standard InChI is InChI=1S/C20H16F5N5O4/c1-10(31)15-6-14(29-30(15)8-11-4-2-3-5-12(11)21)17-26-7-13(22)16(28-17)27-9-19(34,18(32)33)20(23,24)25/h2-7,34H,8-9H2,1H3,(H,32,33)(H,26,27,28). The molecule has 0 saturated carbocycles. The summed E-state index contributed by atoms with van der Waals surface area (Å²) in [5.74, 6) is -6.01. The summed E-state index contributed by atoms with van der Waals surface area (Å²) in [5.41, 5.74) is -4.07. The van der Waals surface area contributed by atoms with Gasteiger partial charge in [0, 0.05) is 12.5 Å². The second kappa shape index (κ2) is 9.13. The highest BCUT2D eigenvalue weighted by atomic mass is 19.4. The van der Waals surface area contributed by atoms with E-state index < -0.39 is 47.5 Å². The zero-order valence-electron chi connectivity index (χ0n) is 17.3. The lowest BCUT2D eigenvalue weighted by atomic mass is 10.0. The molecular weight excluding hydrogens is 469 g/mol. The number of Topliss-reactive ketones (excluding diaryl/α,β-unsaturated/α-hetero) is 1. The van der Waals surface area contributed by atoms with Crippen molar-refractivity contribution in [3.05, 3.63) is 59.4 Å². The van der Waals surface area contributed by atoms with Crippen molar-refractivity contribution in [2.45, 2.75) is 25.2 Å². The molecule has 0 amide bonds. The van der Waals surface area contributed by atoms with Gasteiger partial charge in [-0.1, -0.05) is 18.2 Å². The van der Waals surface area contributed by atoms with Crippen LogP contribution in [0, 0.1) is 11.6 Å². The summed E-state index contributed by atoms with van der Waals surface area (Å²) >= 11 is 0. The van der Waals surface area contributed by atoms with E-state index in [4.69, 9.17) is 5.11 Å². The lowest BCUT2D eigenvalue weighted by Gasteiger charge is -2.26. The van der Waals surface area contributed by atoms with Crippen LogP contribution in [-0.2, 0) is 11.3 Å². The molecule has 14 heteroatoms. The van der Waals surface area contributed by atoms with Crippen molar-refractivity contribution in [2.75, 3.05) is 11.9 Å². The van der Waals surface area contributed by atoms with Crippen molar-refractivity contribution in [3.8, 4) is 11.5 Å². The summed E-state index contributed by atoms with van der Waals surface area (Å²) in [6.07, 6.45) is -4.98. The first-order valence-electron chi connectivity index (χ1n) is 9.45. The van der Waals surface area contributed by atoms with Crippen molar-refractivity contribution in [3.63, 3.8) is 0 Å². The van der Waals surface area contributed by atoms with Crippen molar-refractivity contribution < 1.29 is 41.8 Å². The second-order valence-corrected chi connectivity index (χ2v) is 7.13. The highest BCUT2D eigenvalue weighted by Crippen LogP contribution is 2.31. The summed E-state index contributed by atoms with van der Waals surface area (Å²) in [6.45, 7) is -0.578. The van der Waals surface area contributed by atoms with Crippen molar-refractivity contribution in [1.29, 1.82) is 0 Å². The molecule has 1 aromatic carbocycles. The van der Waals surface area contributed by atoms with Gasteiger partial charge in [-0.15, -0.1) is 0 Å². The third-order valence-electron chi connectivity index (χ3n) is 4.73. The summed E-state index contributed by atoms with van der Waals surface area (Å²) in [6, 6.07) is 6.97. The van der Waals surface area contributed by atoms with E-state index in [1.807, 2.05) is 5.32 Å². The van der Waals surface area contributed by atoms with Crippen LogP contribution in [0.3, 0.4) is 0 Å². The fourth-order valence-electron chi connectivity index (χ4n) is 2.84. The SMILES string of the molecule is CC(=O)c1cc(-c2ncc(F)c(NCC(O)(C(=O)O)C(F)(F)F)n2)nn1Cc1ccccc1F. The molecule has 2 aromatic heterocycles. The maximum atomic E-state index is 14.1. The fourth-order valence-corrected chi connectivity index (χ4v) is 2.84. The minimum Gasteiger partial charge on any atom is -0.479 e. The number of aliphatic carboxylic acids is 1. The first kappa shape index (κ1) is 24.7. The van der Waals surface area contributed by atoms with Crippen LogP contribution in [0.2, 0.25) is 0 Å². The minimum atomic E-state index is -5.57. The molecule has 0 bridgehead atoms. The zero-order chi connectivity index (χ0) is 25.3. The number of ketones is 1. The number of rotatable bonds is 8. The Bertz CT molecular complexity index is 1250. The number of aromatic nitrogens is 4. The average molecular weight is 485 g/mol. The Morgan fingerprint density at radius 2 is 1.82 bits per heavy atom. The van der Waals surface area contributed by atoms with Crippen LogP contribution in [0.25, 0.3) is 11.5 Å². The van der Waals surface area contributed by atoms with Gasteiger partial charge in [0.1, 0.15) is 17.2 Å². The smallest absolute Gasteiger partial charge is 0.429 e. The van der Waals surface area contributed by atoms with Gasteiger partial charge in [-0.3, -0.25) is 9.48 Å². The number of nitrogens with one attached hydrogen (secondary N) is 1. The number of carboxylic acids is 1. The van der Waals surface area contributed by atoms with E-state index in [9.17, 15) is 36.6 Å². The number of benzene rings is 1. The molecule has 0 aliphatic heterocycles. The first-order valence-corrected chi connectivity index (χ1v) is 9.45. The average Bonchev–Trinajstić information content (AvgIpc) is 3.17. The van der Waals surface area contributed by atoms with Gasteiger partial charge in [0.05, 0.1) is 19.3 Å². The topological polar surface area (TPSA) is 130 Å². The molecule has 1 unspecified atom stereocenters. The summed E-state index contributed by atoms with van der Waals surface area (Å²) in [7, 11) is 0. The molecular formula is C20H16F5N5O4. The van der Waals surface area contributed by atoms with Crippen LogP contribution >= 0.6 is 0 Å². The van der Waals surface area contributed by atoms with E-state index in [-0.39, 0.29) is 29.3 Å². The van der Waals surface area contributed by atoms with Crippen molar-refractivity contribution in [1.82, 2.24) is 19.7 Å². The van der Waals surface area contributed by atoms with Gasteiger partial charge >= 0.3 is 12.1 Å². The number of nitrogens with zero attached hydrogens (tertiary/aromatic N) is 4. The van der Waals surface area contributed by atoms with Gasteiger partial charge in [0.2, 0.25) is 0 Å². The number of carbonyl (C=O) groups is 2. The molecule has 3 N–H and O–H groups in total. The van der Waals surface area contributed by atoms with E-state index in [1.54, 1.807) is 6.07 Å². The molecule has 9 nitrogen and oxygen atoms in total. The number of carboxylic acid groups (broad SMARTS) is 1. The molecule has 0 aliphatic rings. The summed E-state index contributed by atoms with van der Waals surface area (Å²) in [5, 5.41) is 24.2. The molecule has 0 radical (unpaired) electrons. The highest BCUT2D eigenvalue weighted by molar-refractivity contribution is 5.93. The van der Waals surface area contributed by atoms with Gasteiger partial charge in [-0.2, -0.15) is 18.3 Å². The van der Waals surface area contributed by atoms with E-state index in [0.717, 1.165) is 4.68 Å². The molecule has 0 fully saturated rings. The van der Waals surface area contributed by atoms with Crippen LogP contribution in [0.1, 0.15) is 23.0 Å². The number of carbonyl (C=O) groups excluding carboxylic acids is 1. The molecule has 2 heterocycles. The second-order valence-electron chi connectivity index (χ2n) is 7.13. The quantitative estimate of drug-likeness (QED) is 0.328. The van der Waals surface area contributed by atoms with Crippen LogP contribution < -0.4 is 5.32 Å². The monoisotopic (exact) mass is 485 g/mol. The molecule has 0 aliphatic carbocycles. The van der Waals surface area contributed by atoms with Crippen LogP contribution in [0.15, 0.2) is 36.5 Å². The number of hydrogen-bond acceptors (Lipinski definition) is 7. The number of aliphatic hydroxyl groups is 1. The van der Waals surface area contributed by atoms with Crippen LogP contribution in [0.5, 0.6) is 0 Å². The number of hydrogen-bond donors (Lipinski definition) is 3. The van der Waals surface area contributed by atoms with Crippen LogP contribution in [-0.4, -0.2) is 60.0 Å². The molecule has 3 aromatic rings. The predicted molar refractivity (Wildman–Crippen MR) is 106 cm³/mol. The summed E-state index contributed by atoms with van der Waals surface area (Å²) < 4.78 is 68.1. The van der Waals surface area contributed by atoms with Crippen molar-refractivity contribution in [2.24, 2.45) is 0 Å². The zero-order valence-corrected chi connectivity index (χ0v) is 17.3. The maximum Gasteiger partial charge on any atom is 0.429 e. The molecule has 180 valence electrons. The molecule has 1 atom stereocenters. The van der Waals surface area contributed by atoms with Crippen molar-refractivity contribution >= 4 is 17.6 Å². The van der Waals surface area contributed by atoms with E-state index >= 15 is 0 Å². The molecule has 0 saturated heterocycles. The molecule has 0 spiro atoms. The lowest BCUT2D eigenvalue weighted by Crippen LogP contribution is -2.56. The minimum absolute atomic E-state index is 0.0259. The maximum absolute atomic E-state index is 14.1. The van der Waals surface area contributed by atoms with Gasteiger partial charge in [0.25, 0.3) is 5.60 Å². The van der Waals surface area contributed by atoms with Gasteiger partial charge in [-0.05, 0) is 12.1 Å². The number of anilines is 1. The van der Waals surface area contributed by atoms with E-state index in [2.05, 4.69) is 15.1 Å². The molecule has 34 heavy (non-hydrogen) atoms. The summed E-state index contributed by atoms with van der Waals surface area (Å²) in [4.78, 5) is 30.3. The Morgan fingerprint density at radius 3 is 2.41 bits per heavy atom.